The highest BCUT2D eigenvalue weighted by atomic mass is 16.2. The summed E-state index contributed by atoms with van der Waals surface area (Å²) in [5.41, 5.74) is 3.47. The molecule has 4 rings (SSSR count). The van der Waals surface area contributed by atoms with Gasteiger partial charge in [0.15, 0.2) is 5.82 Å². The smallest absolute Gasteiger partial charge is 0.257 e. The van der Waals surface area contributed by atoms with Crippen molar-refractivity contribution in [2.24, 2.45) is 0 Å². The van der Waals surface area contributed by atoms with E-state index in [9.17, 15) is 9.59 Å². The second-order valence-corrected chi connectivity index (χ2v) is 8.83. The van der Waals surface area contributed by atoms with Crippen molar-refractivity contribution in [1.29, 1.82) is 0 Å². The fourth-order valence-corrected chi connectivity index (χ4v) is 4.36. The van der Waals surface area contributed by atoms with E-state index < -0.39 is 0 Å². The molecule has 1 N–H and O–H groups in total. The molecule has 1 fully saturated rings. The first kappa shape index (κ1) is 23.6. The molecule has 2 aromatic heterocycles. The van der Waals surface area contributed by atoms with Gasteiger partial charge in [-0.2, -0.15) is 5.10 Å². The average molecular weight is 461 g/mol. The molecule has 0 saturated carbocycles. The Balaban J connectivity index is 1.38. The molecule has 3 heterocycles. The topological polar surface area (TPSA) is 83.4 Å². The molecule has 0 spiro atoms. The van der Waals surface area contributed by atoms with E-state index in [-0.39, 0.29) is 17.7 Å². The van der Waals surface area contributed by atoms with Gasteiger partial charge in [0, 0.05) is 38.1 Å². The molecule has 2 amide bonds. The van der Waals surface area contributed by atoms with Gasteiger partial charge >= 0.3 is 0 Å². The lowest BCUT2D eigenvalue weighted by atomic mass is 10.0. The van der Waals surface area contributed by atoms with Crippen LogP contribution in [0.2, 0.25) is 0 Å². The number of rotatable bonds is 7. The SMILES string of the molecule is CCc1ccccc1NC(=O)CN1CCN(C(=O)c2cnn(-c3ccccn3)c2C(C)C)CC1. The molecule has 0 radical (unpaired) electrons. The van der Waals surface area contributed by atoms with Crippen molar-refractivity contribution < 1.29 is 9.59 Å². The molecule has 34 heavy (non-hydrogen) atoms. The third-order valence-electron chi connectivity index (χ3n) is 6.15. The molecular formula is C26H32N6O2. The first-order valence-electron chi connectivity index (χ1n) is 11.9. The predicted molar refractivity (Wildman–Crippen MR) is 132 cm³/mol. The fourth-order valence-electron chi connectivity index (χ4n) is 4.36. The van der Waals surface area contributed by atoms with E-state index in [2.05, 4.69) is 41.1 Å². The van der Waals surface area contributed by atoms with Gasteiger partial charge < -0.3 is 10.2 Å². The molecule has 178 valence electrons. The molecule has 1 aliphatic rings. The molecule has 0 atom stereocenters. The zero-order chi connectivity index (χ0) is 24.1. The number of nitrogens with one attached hydrogen (secondary N) is 1. The summed E-state index contributed by atoms with van der Waals surface area (Å²) in [5, 5.41) is 7.50. The molecule has 0 aliphatic carbocycles. The van der Waals surface area contributed by atoms with Crippen LogP contribution in [0.5, 0.6) is 0 Å². The second kappa shape index (κ2) is 10.6. The number of pyridine rings is 1. The summed E-state index contributed by atoms with van der Waals surface area (Å²) in [6, 6.07) is 13.5. The summed E-state index contributed by atoms with van der Waals surface area (Å²) in [7, 11) is 0. The summed E-state index contributed by atoms with van der Waals surface area (Å²) in [4.78, 5) is 34.3. The third kappa shape index (κ3) is 5.17. The van der Waals surface area contributed by atoms with Crippen LogP contribution in [-0.4, -0.2) is 69.1 Å². The van der Waals surface area contributed by atoms with Crippen molar-refractivity contribution >= 4 is 17.5 Å². The molecule has 0 bridgehead atoms. The maximum absolute atomic E-state index is 13.4. The number of piperazine rings is 1. The number of hydrogen-bond acceptors (Lipinski definition) is 5. The van der Waals surface area contributed by atoms with Crippen molar-refractivity contribution in [3.8, 4) is 5.82 Å². The van der Waals surface area contributed by atoms with E-state index in [4.69, 9.17) is 0 Å². The van der Waals surface area contributed by atoms with E-state index in [1.165, 1.54) is 0 Å². The van der Waals surface area contributed by atoms with Gasteiger partial charge in [-0.1, -0.05) is 45.0 Å². The Morgan fingerprint density at radius 1 is 1.03 bits per heavy atom. The lowest BCUT2D eigenvalue weighted by molar-refractivity contribution is -0.117. The molecule has 3 aromatic rings. The van der Waals surface area contributed by atoms with Crippen LogP contribution in [0, 0.1) is 0 Å². The lowest BCUT2D eigenvalue weighted by Crippen LogP contribution is -2.50. The van der Waals surface area contributed by atoms with Gasteiger partial charge in [0.2, 0.25) is 5.91 Å². The van der Waals surface area contributed by atoms with Crippen LogP contribution in [-0.2, 0) is 11.2 Å². The van der Waals surface area contributed by atoms with E-state index in [0.29, 0.717) is 44.1 Å². The number of anilines is 1. The first-order chi connectivity index (χ1) is 16.5. The van der Waals surface area contributed by atoms with Gasteiger partial charge in [0.25, 0.3) is 5.91 Å². The number of hydrogen-bond donors (Lipinski definition) is 1. The number of carbonyl (C=O) groups is 2. The Labute approximate surface area is 200 Å². The van der Waals surface area contributed by atoms with Crippen molar-refractivity contribution in [3.05, 3.63) is 71.7 Å². The van der Waals surface area contributed by atoms with Crippen LogP contribution >= 0.6 is 0 Å². The fraction of sp³-hybridized carbons (Fsp3) is 0.385. The highest BCUT2D eigenvalue weighted by Crippen LogP contribution is 2.24. The minimum atomic E-state index is -0.0283. The number of aromatic nitrogens is 3. The summed E-state index contributed by atoms with van der Waals surface area (Å²) in [5.74, 6) is 0.761. The van der Waals surface area contributed by atoms with E-state index in [0.717, 1.165) is 23.4 Å². The van der Waals surface area contributed by atoms with Crippen molar-refractivity contribution in [2.75, 3.05) is 38.0 Å². The Kier molecular flexibility index (Phi) is 7.37. The summed E-state index contributed by atoms with van der Waals surface area (Å²) >= 11 is 0. The number of nitrogens with zero attached hydrogens (tertiary/aromatic N) is 5. The van der Waals surface area contributed by atoms with Crippen LogP contribution in [0.4, 0.5) is 5.69 Å². The number of amides is 2. The zero-order valence-corrected chi connectivity index (χ0v) is 20.1. The van der Waals surface area contributed by atoms with Crippen LogP contribution in [0.15, 0.2) is 54.9 Å². The van der Waals surface area contributed by atoms with Gasteiger partial charge in [0.05, 0.1) is 24.0 Å². The lowest BCUT2D eigenvalue weighted by Gasteiger charge is -2.34. The minimum Gasteiger partial charge on any atom is -0.336 e. The summed E-state index contributed by atoms with van der Waals surface area (Å²) < 4.78 is 1.76. The quantitative estimate of drug-likeness (QED) is 0.585. The molecular weight excluding hydrogens is 428 g/mol. The monoisotopic (exact) mass is 460 g/mol. The summed E-state index contributed by atoms with van der Waals surface area (Å²) in [6.07, 6.45) is 4.24. The molecule has 1 saturated heterocycles. The standard InChI is InChI=1S/C26H32N6O2/c1-4-20-9-5-6-10-22(20)29-24(33)18-30-13-15-31(16-14-30)26(34)21-17-28-32(25(21)19(2)3)23-11-7-8-12-27-23/h5-12,17,19H,4,13-16,18H2,1-3H3,(H,29,33). The Hall–Kier alpha value is -3.52. The first-order valence-corrected chi connectivity index (χ1v) is 11.9. The normalized spacial score (nSPS) is 14.4. The number of aryl methyl sites for hydroxylation is 1. The highest BCUT2D eigenvalue weighted by molar-refractivity contribution is 5.96. The van der Waals surface area contributed by atoms with Gasteiger partial charge in [-0.15, -0.1) is 0 Å². The molecule has 1 aromatic carbocycles. The third-order valence-corrected chi connectivity index (χ3v) is 6.15. The number of carbonyl (C=O) groups excluding carboxylic acids is 2. The Morgan fingerprint density at radius 3 is 2.44 bits per heavy atom. The highest BCUT2D eigenvalue weighted by Gasteiger charge is 2.28. The van der Waals surface area contributed by atoms with Crippen LogP contribution in [0.3, 0.4) is 0 Å². The maximum atomic E-state index is 13.4. The van der Waals surface area contributed by atoms with E-state index in [1.807, 2.05) is 47.4 Å². The van der Waals surface area contributed by atoms with Crippen molar-refractivity contribution in [2.45, 2.75) is 33.1 Å². The minimum absolute atomic E-state index is 0.0214. The maximum Gasteiger partial charge on any atom is 0.257 e. The van der Waals surface area contributed by atoms with Crippen molar-refractivity contribution in [3.63, 3.8) is 0 Å². The largest absolute Gasteiger partial charge is 0.336 e. The number of para-hydroxylation sites is 1. The number of benzene rings is 1. The molecule has 0 unspecified atom stereocenters. The van der Waals surface area contributed by atoms with Gasteiger partial charge in [-0.3, -0.25) is 14.5 Å². The van der Waals surface area contributed by atoms with E-state index >= 15 is 0 Å². The second-order valence-electron chi connectivity index (χ2n) is 8.83. The molecule has 1 aliphatic heterocycles. The average Bonchev–Trinajstić information content (AvgIpc) is 3.30. The van der Waals surface area contributed by atoms with Crippen LogP contribution < -0.4 is 5.32 Å². The van der Waals surface area contributed by atoms with Gasteiger partial charge in [0.1, 0.15) is 0 Å². The summed E-state index contributed by atoms with van der Waals surface area (Å²) in [6.45, 7) is 8.95. The predicted octanol–water partition coefficient (Wildman–Crippen LogP) is 3.35. The van der Waals surface area contributed by atoms with E-state index in [1.54, 1.807) is 17.1 Å². The zero-order valence-electron chi connectivity index (χ0n) is 20.1. The molecule has 8 heteroatoms. The Bertz CT molecular complexity index is 1130. The van der Waals surface area contributed by atoms with Crippen molar-refractivity contribution in [1.82, 2.24) is 24.6 Å². The Morgan fingerprint density at radius 2 is 1.76 bits per heavy atom. The van der Waals surface area contributed by atoms with Gasteiger partial charge in [-0.05, 0) is 36.1 Å². The van der Waals surface area contributed by atoms with Gasteiger partial charge in [-0.25, -0.2) is 9.67 Å². The molecule has 8 nitrogen and oxygen atoms in total. The van der Waals surface area contributed by atoms with Crippen LogP contribution in [0.25, 0.3) is 5.82 Å². The van der Waals surface area contributed by atoms with Crippen LogP contribution in [0.1, 0.15) is 48.3 Å².